The molecule has 0 aliphatic rings. The van der Waals surface area contributed by atoms with Crippen LogP contribution in [0.4, 0.5) is 13.2 Å². The van der Waals surface area contributed by atoms with Crippen LogP contribution >= 0.6 is 0 Å². The van der Waals surface area contributed by atoms with Gasteiger partial charge in [-0.15, -0.1) is 0 Å². The Kier molecular flexibility index (Phi) is 8.20. The van der Waals surface area contributed by atoms with Gasteiger partial charge in [-0.1, -0.05) is 56.2 Å². The van der Waals surface area contributed by atoms with Crippen molar-refractivity contribution < 1.29 is 22.6 Å². The van der Waals surface area contributed by atoms with Crippen molar-refractivity contribution in [2.75, 3.05) is 7.11 Å². The highest BCUT2D eigenvalue weighted by molar-refractivity contribution is 5.64. The standard InChI is InChI=1S/C27H29F3O2/c1-3-4-5-6-20-7-9-21(10-8-20)23-12-11-22(26(28)19-23)17-18-27(29,30)32-25-15-13-24(31-2)14-16-25/h7-16,19H,3-6,17-18H2,1-2H3. The number of unbranched alkanes of at least 4 members (excludes halogenated alkanes) is 2. The molecule has 0 aromatic heterocycles. The summed E-state index contributed by atoms with van der Waals surface area (Å²) in [6, 6.07) is 18.7. The predicted octanol–water partition coefficient (Wildman–Crippen LogP) is 7.84. The van der Waals surface area contributed by atoms with Crippen LogP contribution in [0.1, 0.15) is 43.7 Å². The van der Waals surface area contributed by atoms with Crippen LogP contribution in [0.3, 0.4) is 0 Å². The highest BCUT2D eigenvalue weighted by Gasteiger charge is 2.31. The van der Waals surface area contributed by atoms with Crippen molar-refractivity contribution in [3.8, 4) is 22.6 Å². The third-order valence-electron chi connectivity index (χ3n) is 5.42. The second kappa shape index (κ2) is 11.1. The van der Waals surface area contributed by atoms with Crippen LogP contribution in [-0.2, 0) is 12.8 Å². The van der Waals surface area contributed by atoms with Crippen LogP contribution in [0, 0.1) is 5.82 Å². The molecule has 0 heterocycles. The quantitative estimate of drug-likeness (QED) is 0.282. The van der Waals surface area contributed by atoms with E-state index in [1.54, 1.807) is 24.3 Å². The Balaban J connectivity index is 1.59. The maximum atomic E-state index is 14.6. The van der Waals surface area contributed by atoms with Gasteiger partial charge in [0.1, 0.15) is 17.3 Å². The summed E-state index contributed by atoms with van der Waals surface area (Å²) >= 11 is 0. The lowest BCUT2D eigenvalue weighted by Gasteiger charge is -2.18. The van der Waals surface area contributed by atoms with E-state index in [0.717, 1.165) is 24.0 Å². The second-order valence-electron chi connectivity index (χ2n) is 7.88. The molecular weight excluding hydrogens is 413 g/mol. The van der Waals surface area contributed by atoms with Crippen LogP contribution in [-0.4, -0.2) is 13.2 Å². The Hall–Kier alpha value is -2.95. The molecule has 3 aromatic rings. The topological polar surface area (TPSA) is 18.5 Å². The number of rotatable bonds is 11. The minimum Gasteiger partial charge on any atom is -0.497 e. The van der Waals surface area contributed by atoms with Crippen LogP contribution < -0.4 is 9.47 Å². The molecule has 0 N–H and O–H groups in total. The fourth-order valence-electron chi connectivity index (χ4n) is 3.52. The molecule has 0 aliphatic carbocycles. The maximum absolute atomic E-state index is 14.6. The van der Waals surface area contributed by atoms with Gasteiger partial charge in [0.2, 0.25) is 0 Å². The minimum atomic E-state index is -3.41. The highest BCUT2D eigenvalue weighted by atomic mass is 19.3. The lowest BCUT2D eigenvalue weighted by Crippen LogP contribution is -2.25. The summed E-state index contributed by atoms with van der Waals surface area (Å²) in [7, 11) is 1.49. The van der Waals surface area contributed by atoms with E-state index >= 15 is 0 Å². The van der Waals surface area contributed by atoms with Crippen molar-refractivity contribution >= 4 is 0 Å². The van der Waals surface area contributed by atoms with Crippen molar-refractivity contribution in [1.29, 1.82) is 0 Å². The van der Waals surface area contributed by atoms with Gasteiger partial charge >= 0.3 is 6.11 Å². The Morgan fingerprint density at radius 1 is 0.781 bits per heavy atom. The van der Waals surface area contributed by atoms with Crippen LogP contribution in [0.2, 0.25) is 0 Å². The molecule has 3 rings (SSSR count). The van der Waals surface area contributed by atoms with Gasteiger partial charge in [-0.2, -0.15) is 8.78 Å². The highest BCUT2D eigenvalue weighted by Crippen LogP contribution is 2.29. The summed E-state index contributed by atoms with van der Waals surface area (Å²) in [6.45, 7) is 2.18. The molecule has 0 saturated heterocycles. The third kappa shape index (κ3) is 6.78. The summed E-state index contributed by atoms with van der Waals surface area (Å²) in [5.41, 5.74) is 3.14. The molecule has 0 radical (unpaired) electrons. The zero-order chi connectivity index (χ0) is 23.0. The first kappa shape index (κ1) is 23.7. The summed E-state index contributed by atoms with van der Waals surface area (Å²) in [6.07, 6.45) is 0.419. The van der Waals surface area contributed by atoms with Crippen molar-refractivity contribution in [3.05, 3.63) is 83.7 Å². The van der Waals surface area contributed by atoms with Crippen LogP contribution in [0.15, 0.2) is 66.7 Å². The first-order chi connectivity index (χ1) is 15.4. The van der Waals surface area contributed by atoms with E-state index in [0.29, 0.717) is 5.75 Å². The molecule has 0 atom stereocenters. The molecule has 0 unspecified atom stereocenters. The summed E-state index contributed by atoms with van der Waals surface area (Å²) in [5.74, 6) is 0.0912. The number of methoxy groups -OCH3 is 1. The zero-order valence-electron chi connectivity index (χ0n) is 18.5. The van der Waals surface area contributed by atoms with E-state index < -0.39 is 18.3 Å². The molecule has 0 bridgehead atoms. The number of alkyl halides is 2. The molecule has 2 nitrogen and oxygen atoms in total. The van der Waals surface area contributed by atoms with Crippen molar-refractivity contribution in [1.82, 2.24) is 0 Å². The number of aryl methyl sites for hydroxylation is 2. The van der Waals surface area contributed by atoms with Crippen LogP contribution in [0.5, 0.6) is 11.5 Å². The Morgan fingerprint density at radius 3 is 2.06 bits per heavy atom. The number of halogens is 3. The summed E-state index contributed by atoms with van der Waals surface area (Å²) in [5, 5.41) is 0. The molecule has 5 heteroatoms. The summed E-state index contributed by atoms with van der Waals surface area (Å²) < 4.78 is 52.9. The molecule has 0 amide bonds. The average molecular weight is 443 g/mol. The van der Waals surface area contributed by atoms with Gasteiger partial charge in [-0.3, -0.25) is 0 Å². The fraction of sp³-hybridized carbons (Fsp3) is 0.333. The monoisotopic (exact) mass is 442 g/mol. The van der Waals surface area contributed by atoms with E-state index in [2.05, 4.69) is 19.1 Å². The third-order valence-corrected chi connectivity index (χ3v) is 5.42. The normalized spacial score (nSPS) is 11.4. The van der Waals surface area contributed by atoms with E-state index in [1.165, 1.54) is 43.7 Å². The lowest BCUT2D eigenvalue weighted by molar-refractivity contribution is -0.180. The van der Waals surface area contributed by atoms with E-state index in [4.69, 9.17) is 9.47 Å². The molecule has 3 aromatic carbocycles. The van der Waals surface area contributed by atoms with Crippen molar-refractivity contribution in [2.45, 2.75) is 51.6 Å². The molecule has 0 spiro atoms. The van der Waals surface area contributed by atoms with Crippen molar-refractivity contribution in [3.63, 3.8) is 0 Å². The van der Waals surface area contributed by atoms with Gasteiger partial charge in [0.15, 0.2) is 0 Å². The van der Waals surface area contributed by atoms with E-state index in [-0.39, 0.29) is 17.7 Å². The number of benzene rings is 3. The average Bonchev–Trinajstić information content (AvgIpc) is 2.79. The van der Waals surface area contributed by atoms with Gasteiger partial charge in [-0.25, -0.2) is 4.39 Å². The van der Waals surface area contributed by atoms with Crippen molar-refractivity contribution in [2.24, 2.45) is 0 Å². The zero-order valence-corrected chi connectivity index (χ0v) is 18.5. The summed E-state index contributed by atoms with van der Waals surface area (Å²) in [4.78, 5) is 0. The second-order valence-corrected chi connectivity index (χ2v) is 7.88. The first-order valence-electron chi connectivity index (χ1n) is 11.0. The SMILES string of the molecule is CCCCCc1ccc(-c2ccc(CCC(F)(F)Oc3ccc(OC)cc3)c(F)c2)cc1. The van der Waals surface area contributed by atoms with Gasteiger partial charge in [0.25, 0.3) is 0 Å². The smallest absolute Gasteiger partial charge is 0.398 e. The lowest BCUT2D eigenvalue weighted by atomic mass is 9.99. The molecule has 32 heavy (non-hydrogen) atoms. The largest absolute Gasteiger partial charge is 0.497 e. The minimum absolute atomic E-state index is 0.0322. The number of ether oxygens (including phenoxy) is 2. The Morgan fingerprint density at radius 2 is 1.44 bits per heavy atom. The Bertz CT molecular complexity index is 983. The predicted molar refractivity (Wildman–Crippen MR) is 122 cm³/mol. The molecular formula is C27H29F3O2. The molecule has 0 saturated carbocycles. The van der Waals surface area contributed by atoms with Crippen LogP contribution in [0.25, 0.3) is 11.1 Å². The molecule has 170 valence electrons. The number of hydrogen-bond acceptors (Lipinski definition) is 2. The van der Waals surface area contributed by atoms with Gasteiger partial charge in [-0.05, 0) is 71.8 Å². The number of hydrogen-bond donors (Lipinski definition) is 0. The van der Waals surface area contributed by atoms with E-state index in [9.17, 15) is 13.2 Å². The fourth-order valence-corrected chi connectivity index (χ4v) is 3.52. The molecule has 0 aliphatic heterocycles. The first-order valence-corrected chi connectivity index (χ1v) is 11.0. The van der Waals surface area contributed by atoms with Gasteiger partial charge in [0, 0.05) is 0 Å². The van der Waals surface area contributed by atoms with Gasteiger partial charge < -0.3 is 9.47 Å². The van der Waals surface area contributed by atoms with Gasteiger partial charge in [0.05, 0.1) is 13.5 Å². The molecule has 0 fully saturated rings. The van der Waals surface area contributed by atoms with E-state index in [1.807, 2.05) is 12.1 Å². The Labute approximate surface area is 188 Å². The maximum Gasteiger partial charge on any atom is 0.398 e.